The molecule has 2 heterocycles. The molecule has 2 N–H and O–H groups in total. The summed E-state index contributed by atoms with van der Waals surface area (Å²) < 4.78 is 1.76. The Morgan fingerprint density at radius 3 is 2.61 bits per heavy atom. The molecule has 0 spiro atoms. The second kappa shape index (κ2) is 8.86. The number of hydrogen-bond acceptors (Lipinski definition) is 4. The van der Waals surface area contributed by atoms with Crippen molar-refractivity contribution < 1.29 is 0 Å². The normalized spacial score (nSPS) is 17.7. The molecule has 1 fully saturated rings. The largest absolute Gasteiger partial charge is 0.357 e. The number of aliphatic imine (C=N–C) groups is 1. The molecule has 0 bridgehead atoms. The van der Waals surface area contributed by atoms with Gasteiger partial charge in [-0.2, -0.15) is 5.10 Å². The maximum Gasteiger partial charge on any atom is 0.191 e. The third-order valence-corrected chi connectivity index (χ3v) is 4.39. The first-order valence-corrected chi connectivity index (χ1v) is 8.71. The SMILES string of the molecule is CCNC(=NCc1ncnn1C)NCC(C(C)C)N1CCCC1. The molecule has 1 atom stereocenters. The zero-order valence-electron chi connectivity index (χ0n) is 14.9. The monoisotopic (exact) mass is 321 g/mol. The fourth-order valence-electron chi connectivity index (χ4n) is 3.02. The second-order valence-corrected chi connectivity index (χ2v) is 6.43. The van der Waals surface area contributed by atoms with Crippen LogP contribution in [0.2, 0.25) is 0 Å². The van der Waals surface area contributed by atoms with E-state index in [4.69, 9.17) is 0 Å². The van der Waals surface area contributed by atoms with Gasteiger partial charge in [-0.25, -0.2) is 9.98 Å². The summed E-state index contributed by atoms with van der Waals surface area (Å²) in [5, 5.41) is 10.9. The standard InChI is InChI=1S/C16H31N7/c1-5-17-16(19-11-15-20-12-21-22(15)4)18-10-14(13(2)3)23-8-6-7-9-23/h12-14H,5-11H2,1-4H3,(H2,17,18,19). The van der Waals surface area contributed by atoms with Crippen molar-refractivity contribution in [1.29, 1.82) is 0 Å². The lowest BCUT2D eigenvalue weighted by Crippen LogP contribution is -2.48. The van der Waals surface area contributed by atoms with E-state index >= 15 is 0 Å². The van der Waals surface area contributed by atoms with Gasteiger partial charge in [0.1, 0.15) is 18.7 Å². The van der Waals surface area contributed by atoms with Gasteiger partial charge in [0, 0.05) is 26.2 Å². The number of likely N-dealkylation sites (tertiary alicyclic amines) is 1. The van der Waals surface area contributed by atoms with Gasteiger partial charge >= 0.3 is 0 Å². The first kappa shape index (κ1) is 17.7. The van der Waals surface area contributed by atoms with E-state index in [1.165, 1.54) is 25.9 Å². The molecule has 1 saturated heterocycles. The zero-order chi connectivity index (χ0) is 16.7. The molecule has 1 aromatic heterocycles. The van der Waals surface area contributed by atoms with Crippen molar-refractivity contribution in [2.24, 2.45) is 18.0 Å². The van der Waals surface area contributed by atoms with Crippen LogP contribution in [0.1, 0.15) is 39.4 Å². The van der Waals surface area contributed by atoms with Crippen LogP contribution in [0.15, 0.2) is 11.3 Å². The Hall–Kier alpha value is -1.63. The van der Waals surface area contributed by atoms with Gasteiger partial charge in [-0.05, 0) is 38.8 Å². The summed E-state index contributed by atoms with van der Waals surface area (Å²) in [5.41, 5.74) is 0. The summed E-state index contributed by atoms with van der Waals surface area (Å²) in [5.74, 6) is 2.34. The van der Waals surface area contributed by atoms with E-state index in [2.05, 4.69) is 51.4 Å². The van der Waals surface area contributed by atoms with Gasteiger partial charge in [-0.1, -0.05) is 13.8 Å². The van der Waals surface area contributed by atoms with E-state index < -0.39 is 0 Å². The highest BCUT2D eigenvalue weighted by Crippen LogP contribution is 2.17. The summed E-state index contributed by atoms with van der Waals surface area (Å²) in [6, 6.07) is 0.552. The third-order valence-electron chi connectivity index (χ3n) is 4.39. The Balaban J connectivity index is 1.93. The molecule has 0 aromatic carbocycles. The average molecular weight is 321 g/mol. The summed E-state index contributed by atoms with van der Waals surface area (Å²) in [4.78, 5) is 11.4. The molecular formula is C16H31N7. The molecule has 7 nitrogen and oxygen atoms in total. The number of nitrogens with zero attached hydrogens (tertiary/aromatic N) is 5. The number of nitrogens with one attached hydrogen (secondary N) is 2. The number of aryl methyl sites for hydroxylation is 1. The van der Waals surface area contributed by atoms with E-state index in [9.17, 15) is 0 Å². The molecule has 2 rings (SSSR count). The van der Waals surface area contributed by atoms with Gasteiger partial charge in [-0.3, -0.25) is 9.58 Å². The predicted molar refractivity (Wildman–Crippen MR) is 93.3 cm³/mol. The Morgan fingerprint density at radius 1 is 1.30 bits per heavy atom. The first-order valence-electron chi connectivity index (χ1n) is 8.71. The second-order valence-electron chi connectivity index (χ2n) is 6.43. The predicted octanol–water partition coefficient (Wildman–Crippen LogP) is 0.991. The fraction of sp³-hybridized carbons (Fsp3) is 0.812. The van der Waals surface area contributed by atoms with E-state index in [1.54, 1.807) is 11.0 Å². The smallest absolute Gasteiger partial charge is 0.191 e. The molecule has 0 amide bonds. The van der Waals surface area contributed by atoms with Crippen LogP contribution in [-0.4, -0.2) is 57.8 Å². The quantitative estimate of drug-likeness (QED) is 0.579. The molecule has 1 unspecified atom stereocenters. The van der Waals surface area contributed by atoms with Crippen molar-refractivity contribution in [3.63, 3.8) is 0 Å². The summed E-state index contributed by atoms with van der Waals surface area (Å²) in [6.45, 7) is 11.4. The van der Waals surface area contributed by atoms with E-state index in [0.29, 0.717) is 18.5 Å². The van der Waals surface area contributed by atoms with E-state index in [0.717, 1.165) is 24.9 Å². The van der Waals surface area contributed by atoms with Crippen molar-refractivity contribution in [2.75, 3.05) is 26.2 Å². The van der Waals surface area contributed by atoms with Gasteiger partial charge in [0.15, 0.2) is 5.96 Å². The number of guanidine groups is 1. The molecule has 1 aliphatic heterocycles. The van der Waals surface area contributed by atoms with Gasteiger partial charge in [0.05, 0.1) is 0 Å². The van der Waals surface area contributed by atoms with E-state index in [-0.39, 0.29) is 0 Å². The van der Waals surface area contributed by atoms with Gasteiger partial charge < -0.3 is 10.6 Å². The minimum atomic E-state index is 0.530. The molecule has 23 heavy (non-hydrogen) atoms. The topological polar surface area (TPSA) is 70.4 Å². The van der Waals surface area contributed by atoms with Crippen molar-refractivity contribution in [3.8, 4) is 0 Å². The highest BCUT2D eigenvalue weighted by molar-refractivity contribution is 5.79. The lowest BCUT2D eigenvalue weighted by atomic mass is 10.0. The van der Waals surface area contributed by atoms with Crippen LogP contribution in [0.3, 0.4) is 0 Å². The number of aromatic nitrogens is 3. The van der Waals surface area contributed by atoms with Crippen molar-refractivity contribution in [2.45, 2.75) is 46.2 Å². The zero-order valence-corrected chi connectivity index (χ0v) is 14.9. The van der Waals surface area contributed by atoms with Gasteiger partial charge in [0.2, 0.25) is 0 Å². The average Bonchev–Trinajstić information content (AvgIpc) is 3.16. The summed E-state index contributed by atoms with van der Waals surface area (Å²) in [6.07, 6.45) is 4.21. The summed E-state index contributed by atoms with van der Waals surface area (Å²) in [7, 11) is 1.89. The maximum absolute atomic E-state index is 4.63. The molecule has 1 aliphatic rings. The molecule has 0 aliphatic carbocycles. The van der Waals surface area contributed by atoms with Crippen LogP contribution in [0.5, 0.6) is 0 Å². The van der Waals surface area contributed by atoms with Crippen molar-refractivity contribution >= 4 is 5.96 Å². The molecule has 0 radical (unpaired) electrons. The Bertz CT molecular complexity index is 488. The van der Waals surface area contributed by atoms with Crippen LogP contribution in [0, 0.1) is 5.92 Å². The third kappa shape index (κ3) is 5.20. The Morgan fingerprint density at radius 2 is 2.04 bits per heavy atom. The molecule has 130 valence electrons. The highest BCUT2D eigenvalue weighted by Gasteiger charge is 2.24. The van der Waals surface area contributed by atoms with Crippen LogP contribution in [-0.2, 0) is 13.6 Å². The lowest BCUT2D eigenvalue weighted by Gasteiger charge is -2.31. The van der Waals surface area contributed by atoms with Crippen molar-refractivity contribution in [3.05, 3.63) is 12.2 Å². The molecule has 1 aromatic rings. The van der Waals surface area contributed by atoms with Crippen molar-refractivity contribution in [1.82, 2.24) is 30.3 Å². The minimum absolute atomic E-state index is 0.530. The van der Waals surface area contributed by atoms with E-state index in [1.807, 2.05) is 7.05 Å². The van der Waals surface area contributed by atoms with Gasteiger partial charge in [0.25, 0.3) is 0 Å². The number of rotatable bonds is 7. The molecular weight excluding hydrogens is 290 g/mol. The van der Waals surface area contributed by atoms with Gasteiger partial charge in [-0.15, -0.1) is 0 Å². The Labute approximate surface area is 139 Å². The number of hydrogen-bond donors (Lipinski definition) is 2. The first-order chi connectivity index (χ1) is 11.1. The molecule has 0 saturated carbocycles. The fourth-order valence-corrected chi connectivity index (χ4v) is 3.02. The lowest BCUT2D eigenvalue weighted by molar-refractivity contribution is 0.192. The molecule has 7 heteroatoms. The van der Waals surface area contributed by atoms with Crippen LogP contribution >= 0.6 is 0 Å². The minimum Gasteiger partial charge on any atom is -0.357 e. The highest BCUT2D eigenvalue weighted by atomic mass is 15.3. The van der Waals surface area contributed by atoms with Crippen LogP contribution in [0.4, 0.5) is 0 Å². The maximum atomic E-state index is 4.63. The Kier molecular flexibility index (Phi) is 6.83. The van der Waals surface area contributed by atoms with Crippen LogP contribution in [0.25, 0.3) is 0 Å². The summed E-state index contributed by atoms with van der Waals surface area (Å²) >= 11 is 0. The van der Waals surface area contributed by atoms with Crippen LogP contribution < -0.4 is 10.6 Å².